The minimum atomic E-state index is -0.702. The van der Waals surface area contributed by atoms with Crippen LogP contribution in [0.3, 0.4) is 0 Å². The molecule has 4 nitrogen and oxygen atoms in total. The first-order chi connectivity index (χ1) is 8.50. The minimum Gasteiger partial charge on any atom is -0.481 e. The number of hydrogen-bond donors (Lipinski definition) is 1. The molecule has 2 fully saturated rings. The third kappa shape index (κ3) is 2.38. The number of carboxylic acids is 1. The molecule has 4 heteroatoms. The minimum absolute atomic E-state index is 0.129. The molecule has 1 saturated carbocycles. The predicted molar refractivity (Wildman–Crippen MR) is 68.1 cm³/mol. The van der Waals surface area contributed by atoms with Gasteiger partial charge in [-0.15, -0.1) is 0 Å². The molecule has 1 saturated heterocycles. The van der Waals surface area contributed by atoms with E-state index in [1.54, 1.807) is 0 Å². The summed E-state index contributed by atoms with van der Waals surface area (Å²) < 4.78 is 0. The third-order valence-corrected chi connectivity index (χ3v) is 4.88. The van der Waals surface area contributed by atoms with E-state index in [2.05, 4.69) is 0 Å². The second-order valence-electron chi connectivity index (χ2n) is 5.89. The van der Waals surface area contributed by atoms with Crippen molar-refractivity contribution in [2.24, 2.45) is 17.3 Å². The summed E-state index contributed by atoms with van der Waals surface area (Å²) in [5.41, 5.74) is -0.598. The van der Waals surface area contributed by atoms with E-state index in [4.69, 9.17) is 0 Å². The van der Waals surface area contributed by atoms with E-state index in [0.29, 0.717) is 38.3 Å². The fourth-order valence-electron chi connectivity index (χ4n) is 2.96. The van der Waals surface area contributed by atoms with E-state index in [1.165, 1.54) is 12.8 Å². The Balaban J connectivity index is 1.93. The lowest BCUT2D eigenvalue weighted by Crippen LogP contribution is -2.47. The monoisotopic (exact) mass is 253 g/mol. The van der Waals surface area contributed by atoms with Crippen LogP contribution in [0.4, 0.5) is 0 Å². The molecule has 1 aliphatic carbocycles. The topological polar surface area (TPSA) is 57.6 Å². The number of nitrogens with zero attached hydrogens (tertiary/aromatic N) is 1. The fourth-order valence-corrected chi connectivity index (χ4v) is 2.96. The SMILES string of the molecule is CCC1(C(=O)O)CCN(C(=O)C(C)C2CC2)CC1. The maximum absolute atomic E-state index is 12.2. The Morgan fingerprint density at radius 1 is 1.33 bits per heavy atom. The maximum Gasteiger partial charge on any atom is 0.309 e. The molecule has 2 rings (SSSR count). The Morgan fingerprint density at radius 2 is 1.89 bits per heavy atom. The van der Waals surface area contributed by atoms with Crippen LogP contribution < -0.4 is 0 Å². The van der Waals surface area contributed by atoms with Crippen LogP contribution in [0, 0.1) is 17.3 Å². The molecular formula is C14H23NO3. The van der Waals surface area contributed by atoms with Crippen molar-refractivity contribution in [3.05, 3.63) is 0 Å². The smallest absolute Gasteiger partial charge is 0.309 e. The highest BCUT2D eigenvalue weighted by Gasteiger charge is 2.42. The lowest BCUT2D eigenvalue weighted by atomic mass is 9.76. The summed E-state index contributed by atoms with van der Waals surface area (Å²) >= 11 is 0. The van der Waals surface area contributed by atoms with Gasteiger partial charge in [-0.05, 0) is 38.0 Å². The molecule has 0 spiro atoms. The van der Waals surface area contributed by atoms with Crippen molar-refractivity contribution in [2.75, 3.05) is 13.1 Å². The number of amides is 1. The molecule has 2 aliphatic rings. The van der Waals surface area contributed by atoms with Crippen molar-refractivity contribution in [3.63, 3.8) is 0 Å². The van der Waals surface area contributed by atoms with Crippen LogP contribution in [0.1, 0.15) is 46.0 Å². The predicted octanol–water partition coefficient (Wildman–Crippen LogP) is 2.14. The zero-order valence-electron chi connectivity index (χ0n) is 11.3. The first-order valence-electron chi connectivity index (χ1n) is 7.02. The van der Waals surface area contributed by atoms with Crippen molar-refractivity contribution >= 4 is 11.9 Å². The Kier molecular flexibility index (Phi) is 3.64. The van der Waals surface area contributed by atoms with Crippen molar-refractivity contribution in [1.82, 2.24) is 4.90 Å². The molecule has 1 unspecified atom stereocenters. The number of carbonyl (C=O) groups is 2. The summed E-state index contributed by atoms with van der Waals surface area (Å²) in [5, 5.41) is 9.32. The molecule has 0 aromatic heterocycles. The number of piperidine rings is 1. The molecule has 1 amide bonds. The molecule has 18 heavy (non-hydrogen) atoms. The molecule has 0 radical (unpaired) electrons. The van der Waals surface area contributed by atoms with E-state index in [0.717, 1.165) is 0 Å². The van der Waals surface area contributed by atoms with Gasteiger partial charge in [-0.3, -0.25) is 9.59 Å². The van der Waals surface area contributed by atoms with E-state index >= 15 is 0 Å². The van der Waals surface area contributed by atoms with E-state index in [-0.39, 0.29) is 11.8 Å². The lowest BCUT2D eigenvalue weighted by molar-refractivity contribution is -0.155. The molecule has 1 heterocycles. The molecule has 102 valence electrons. The van der Waals surface area contributed by atoms with Gasteiger partial charge in [-0.25, -0.2) is 0 Å². The second kappa shape index (κ2) is 4.90. The number of carboxylic acid groups (broad SMARTS) is 1. The second-order valence-corrected chi connectivity index (χ2v) is 5.89. The number of carbonyl (C=O) groups excluding carboxylic acids is 1. The molecule has 1 atom stereocenters. The Morgan fingerprint density at radius 3 is 2.28 bits per heavy atom. The van der Waals surface area contributed by atoms with Crippen molar-refractivity contribution < 1.29 is 14.7 Å². The standard InChI is InChI=1S/C14H23NO3/c1-3-14(13(17)18)6-8-15(9-7-14)12(16)10(2)11-4-5-11/h10-11H,3-9H2,1-2H3,(H,17,18). The van der Waals surface area contributed by atoms with Gasteiger partial charge in [0.1, 0.15) is 0 Å². The molecular weight excluding hydrogens is 230 g/mol. The Labute approximate surface area is 108 Å². The molecule has 0 aromatic carbocycles. The normalized spacial score (nSPS) is 24.7. The van der Waals surface area contributed by atoms with Crippen LogP contribution in [0.25, 0.3) is 0 Å². The Bertz CT molecular complexity index is 341. The first-order valence-corrected chi connectivity index (χ1v) is 7.02. The summed E-state index contributed by atoms with van der Waals surface area (Å²) in [5.74, 6) is 0.235. The third-order valence-electron chi connectivity index (χ3n) is 4.88. The van der Waals surface area contributed by atoms with Crippen molar-refractivity contribution in [3.8, 4) is 0 Å². The number of hydrogen-bond acceptors (Lipinski definition) is 2. The van der Waals surface area contributed by atoms with Gasteiger partial charge in [0.15, 0.2) is 0 Å². The van der Waals surface area contributed by atoms with Crippen LogP contribution in [-0.2, 0) is 9.59 Å². The average Bonchev–Trinajstić information content (AvgIpc) is 3.21. The molecule has 0 bridgehead atoms. The zero-order valence-corrected chi connectivity index (χ0v) is 11.3. The van der Waals surface area contributed by atoms with Crippen LogP contribution in [0.2, 0.25) is 0 Å². The van der Waals surface area contributed by atoms with E-state index < -0.39 is 11.4 Å². The zero-order chi connectivity index (χ0) is 13.3. The lowest BCUT2D eigenvalue weighted by Gasteiger charge is -2.39. The molecule has 0 aromatic rings. The van der Waals surface area contributed by atoms with Crippen molar-refractivity contribution in [2.45, 2.75) is 46.0 Å². The summed E-state index contributed by atoms with van der Waals surface area (Å²) in [6.07, 6.45) is 4.20. The summed E-state index contributed by atoms with van der Waals surface area (Å²) in [4.78, 5) is 25.4. The fraction of sp³-hybridized carbons (Fsp3) is 0.857. The highest BCUT2D eigenvalue weighted by atomic mass is 16.4. The summed E-state index contributed by atoms with van der Waals surface area (Å²) in [6.45, 7) is 5.16. The number of aliphatic carboxylic acids is 1. The van der Waals surface area contributed by atoms with Gasteiger partial charge < -0.3 is 10.0 Å². The van der Waals surface area contributed by atoms with Crippen LogP contribution in [0.15, 0.2) is 0 Å². The number of rotatable bonds is 4. The highest BCUT2D eigenvalue weighted by Crippen LogP contribution is 2.39. The quantitative estimate of drug-likeness (QED) is 0.835. The Hall–Kier alpha value is -1.06. The van der Waals surface area contributed by atoms with Gasteiger partial charge in [-0.1, -0.05) is 13.8 Å². The van der Waals surface area contributed by atoms with Crippen molar-refractivity contribution in [1.29, 1.82) is 0 Å². The maximum atomic E-state index is 12.2. The molecule has 1 aliphatic heterocycles. The van der Waals surface area contributed by atoms with Gasteiger partial charge in [0.2, 0.25) is 5.91 Å². The molecule has 1 N–H and O–H groups in total. The summed E-state index contributed by atoms with van der Waals surface area (Å²) in [7, 11) is 0. The van der Waals surface area contributed by atoms with E-state index in [9.17, 15) is 14.7 Å². The van der Waals surface area contributed by atoms with Crippen LogP contribution in [0.5, 0.6) is 0 Å². The van der Waals surface area contributed by atoms with Crippen LogP contribution >= 0.6 is 0 Å². The average molecular weight is 253 g/mol. The van der Waals surface area contributed by atoms with Gasteiger partial charge in [0.25, 0.3) is 0 Å². The largest absolute Gasteiger partial charge is 0.481 e. The van der Waals surface area contributed by atoms with E-state index in [1.807, 2.05) is 18.7 Å². The van der Waals surface area contributed by atoms with Gasteiger partial charge >= 0.3 is 5.97 Å². The van der Waals surface area contributed by atoms with Gasteiger partial charge in [-0.2, -0.15) is 0 Å². The van der Waals surface area contributed by atoms with Gasteiger partial charge in [0.05, 0.1) is 5.41 Å². The summed E-state index contributed by atoms with van der Waals surface area (Å²) in [6, 6.07) is 0. The van der Waals surface area contributed by atoms with Crippen LogP contribution in [-0.4, -0.2) is 35.0 Å². The van der Waals surface area contributed by atoms with Gasteiger partial charge in [0, 0.05) is 19.0 Å². The number of likely N-dealkylation sites (tertiary alicyclic amines) is 1. The first kappa shape index (κ1) is 13.4. The highest BCUT2D eigenvalue weighted by molar-refractivity contribution is 5.80.